The normalized spacial score (nSPS) is 12.0. The van der Waals surface area contributed by atoms with E-state index in [0.29, 0.717) is 28.3 Å². The Morgan fingerprint density at radius 3 is 2.79 bits per heavy atom. The fourth-order valence-corrected chi connectivity index (χ4v) is 3.71. The third kappa shape index (κ3) is 4.91. The van der Waals surface area contributed by atoms with Crippen LogP contribution in [0.5, 0.6) is 5.75 Å². The number of hydrogen-bond acceptors (Lipinski definition) is 4. The van der Waals surface area contributed by atoms with Gasteiger partial charge in [-0.25, -0.2) is 8.78 Å². The highest BCUT2D eigenvalue weighted by molar-refractivity contribution is 7.98. The van der Waals surface area contributed by atoms with Gasteiger partial charge in [-0.05, 0) is 36.8 Å². The Morgan fingerprint density at radius 1 is 1.25 bits per heavy atom. The topological polar surface area (TPSA) is 39.9 Å². The molecule has 8 heteroatoms. The molecular formula is C20H18ClF2N3OS. The van der Waals surface area contributed by atoms with Crippen molar-refractivity contribution in [2.24, 2.45) is 0 Å². The van der Waals surface area contributed by atoms with Crippen molar-refractivity contribution in [1.29, 1.82) is 0 Å². The molecule has 3 rings (SSSR count). The molecule has 1 aromatic heterocycles. The molecule has 146 valence electrons. The number of aromatic nitrogens is 3. The molecule has 1 unspecified atom stereocenters. The Hall–Kier alpha value is -2.38. The van der Waals surface area contributed by atoms with Gasteiger partial charge in [0.1, 0.15) is 5.82 Å². The van der Waals surface area contributed by atoms with E-state index < -0.39 is 17.7 Å². The summed E-state index contributed by atoms with van der Waals surface area (Å²) in [6, 6.07) is 10.8. The van der Waals surface area contributed by atoms with Gasteiger partial charge in [0, 0.05) is 23.4 Å². The van der Waals surface area contributed by atoms with Crippen molar-refractivity contribution in [2.75, 3.05) is 0 Å². The highest BCUT2D eigenvalue weighted by atomic mass is 35.5. The molecule has 0 saturated carbocycles. The van der Waals surface area contributed by atoms with Gasteiger partial charge in [-0.1, -0.05) is 41.6 Å². The van der Waals surface area contributed by atoms with Crippen LogP contribution in [0.4, 0.5) is 8.78 Å². The fraction of sp³-hybridized carbons (Fsp3) is 0.200. The SMILES string of the molecule is C=CCn1c(SCc2cccc(Cl)c2)nnc1C(C)Oc1ccc(F)cc1F. The molecule has 0 aliphatic rings. The Bertz CT molecular complexity index is 980. The summed E-state index contributed by atoms with van der Waals surface area (Å²) in [5.74, 6) is -0.283. The predicted octanol–water partition coefficient (Wildman–Crippen LogP) is 5.83. The fourth-order valence-electron chi connectivity index (χ4n) is 2.60. The minimum atomic E-state index is -0.766. The first-order valence-electron chi connectivity index (χ1n) is 8.51. The molecule has 0 spiro atoms. The van der Waals surface area contributed by atoms with Crippen LogP contribution in [0.3, 0.4) is 0 Å². The second-order valence-electron chi connectivity index (χ2n) is 5.99. The van der Waals surface area contributed by atoms with Crippen LogP contribution in [0.2, 0.25) is 5.02 Å². The molecule has 28 heavy (non-hydrogen) atoms. The molecule has 0 saturated heterocycles. The van der Waals surface area contributed by atoms with E-state index in [1.165, 1.54) is 17.8 Å². The summed E-state index contributed by atoms with van der Waals surface area (Å²) >= 11 is 7.53. The molecule has 0 aliphatic heterocycles. The molecule has 1 atom stereocenters. The smallest absolute Gasteiger partial charge is 0.191 e. The van der Waals surface area contributed by atoms with Gasteiger partial charge < -0.3 is 4.74 Å². The van der Waals surface area contributed by atoms with Crippen LogP contribution in [-0.2, 0) is 12.3 Å². The lowest BCUT2D eigenvalue weighted by Crippen LogP contribution is -2.13. The number of benzene rings is 2. The van der Waals surface area contributed by atoms with E-state index in [-0.39, 0.29) is 5.75 Å². The summed E-state index contributed by atoms with van der Waals surface area (Å²) in [4.78, 5) is 0. The molecule has 0 bridgehead atoms. The van der Waals surface area contributed by atoms with Gasteiger partial charge in [0.25, 0.3) is 0 Å². The summed E-state index contributed by atoms with van der Waals surface area (Å²) in [7, 11) is 0. The first kappa shape index (κ1) is 20.4. The predicted molar refractivity (Wildman–Crippen MR) is 107 cm³/mol. The van der Waals surface area contributed by atoms with Crippen LogP contribution in [0.1, 0.15) is 24.4 Å². The number of nitrogens with zero attached hydrogens (tertiary/aromatic N) is 3. The first-order valence-corrected chi connectivity index (χ1v) is 9.87. The summed E-state index contributed by atoms with van der Waals surface area (Å²) in [5, 5.41) is 9.80. The summed E-state index contributed by atoms with van der Waals surface area (Å²) in [6.45, 7) is 5.98. The van der Waals surface area contributed by atoms with Crippen LogP contribution in [0.15, 0.2) is 60.3 Å². The van der Waals surface area contributed by atoms with Gasteiger partial charge in [-0.15, -0.1) is 16.8 Å². The van der Waals surface area contributed by atoms with Crippen molar-refractivity contribution in [1.82, 2.24) is 14.8 Å². The zero-order chi connectivity index (χ0) is 20.1. The molecule has 0 radical (unpaired) electrons. The van der Waals surface area contributed by atoms with E-state index >= 15 is 0 Å². The third-order valence-electron chi connectivity index (χ3n) is 3.88. The lowest BCUT2D eigenvalue weighted by molar-refractivity contribution is 0.200. The molecule has 2 aromatic carbocycles. The number of allylic oxidation sites excluding steroid dienone is 1. The molecular weight excluding hydrogens is 404 g/mol. The van der Waals surface area contributed by atoms with Gasteiger partial charge in [0.15, 0.2) is 28.7 Å². The van der Waals surface area contributed by atoms with E-state index in [9.17, 15) is 8.78 Å². The third-order valence-corrected chi connectivity index (χ3v) is 5.15. The monoisotopic (exact) mass is 421 g/mol. The molecule has 0 amide bonds. The Balaban J connectivity index is 1.78. The average Bonchev–Trinajstić information content (AvgIpc) is 3.05. The molecule has 1 heterocycles. The van der Waals surface area contributed by atoms with E-state index in [1.54, 1.807) is 13.0 Å². The lowest BCUT2D eigenvalue weighted by atomic mass is 10.2. The second-order valence-corrected chi connectivity index (χ2v) is 7.37. The summed E-state index contributed by atoms with van der Waals surface area (Å²) < 4.78 is 34.5. The van der Waals surface area contributed by atoms with Gasteiger partial charge in [0.05, 0.1) is 0 Å². The van der Waals surface area contributed by atoms with Gasteiger partial charge in [-0.3, -0.25) is 4.57 Å². The quantitative estimate of drug-likeness (QED) is 0.339. The number of halogens is 3. The summed E-state index contributed by atoms with van der Waals surface area (Å²) in [5.41, 5.74) is 1.06. The van der Waals surface area contributed by atoms with Crippen molar-refractivity contribution in [3.8, 4) is 5.75 Å². The maximum Gasteiger partial charge on any atom is 0.191 e. The van der Waals surface area contributed by atoms with E-state index in [2.05, 4.69) is 16.8 Å². The lowest BCUT2D eigenvalue weighted by Gasteiger charge is -2.16. The Kier molecular flexibility index (Phi) is 6.70. The molecule has 3 aromatic rings. The van der Waals surface area contributed by atoms with Crippen LogP contribution in [-0.4, -0.2) is 14.8 Å². The minimum Gasteiger partial charge on any atom is -0.480 e. The van der Waals surface area contributed by atoms with E-state index in [0.717, 1.165) is 17.7 Å². The van der Waals surface area contributed by atoms with Crippen molar-refractivity contribution in [3.63, 3.8) is 0 Å². The maximum atomic E-state index is 13.9. The van der Waals surface area contributed by atoms with Crippen LogP contribution in [0.25, 0.3) is 0 Å². The van der Waals surface area contributed by atoms with E-state index in [1.807, 2.05) is 28.8 Å². The second kappa shape index (κ2) is 9.21. The Morgan fingerprint density at radius 2 is 2.07 bits per heavy atom. The van der Waals surface area contributed by atoms with Gasteiger partial charge in [-0.2, -0.15) is 0 Å². The Labute approximate surface area is 171 Å². The van der Waals surface area contributed by atoms with Crippen LogP contribution < -0.4 is 4.74 Å². The average molecular weight is 422 g/mol. The van der Waals surface area contributed by atoms with Gasteiger partial charge in [0.2, 0.25) is 0 Å². The molecule has 0 fully saturated rings. The largest absolute Gasteiger partial charge is 0.480 e. The van der Waals surface area contributed by atoms with Crippen LogP contribution in [0, 0.1) is 11.6 Å². The van der Waals surface area contributed by atoms with Crippen molar-refractivity contribution in [3.05, 3.63) is 83.2 Å². The molecule has 0 N–H and O–H groups in total. The van der Waals surface area contributed by atoms with Crippen molar-refractivity contribution in [2.45, 2.75) is 30.5 Å². The molecule has 4 nitrogen and oxygen atoms in total. The number of thioether (sulfide) groups is 1. The van der Waals surface area contributed by atoms with Gasteiger partial charge >= 0.3 is 0 Å². The molecule has 0 aliphatic carbocycles. The van der Waals surface area contributed by atoms with E-state index in [4.69, 9.17) is 16.3 Å². The highest BCUT2D eigenvalue weighted by Crippen LogP contribution is 2.28. The number of hydrogen-bond donors (Lipinski definition) is 0. The number of ether oxygens (including phenoxy) is 1. The first-order chi connectivity index (χ1) is 13.5. The maximum absolute atomic E-state index is 13.9. The zero-order valence-electron chi connectivity index (χ0n) is 15.1. The summed E-state index contributed by atoms with van der Waals surface area (Å²) in [6.07, 6.45) is 1.13. The standard InChI is InChI=1S/C20H18ClF2N3OS/c1-3-9-26-19(13(2)27-18-8-7-16(22)11-17(18)23)24-25-20(26)28-12-14-5-4-6-15(21)10-14/h3-8,10-11,13H,1,9,12H2,2H3. The highest BCUT2D eigenvalue weighted by Gasteiger charge is 2.20. The van der Waals surface area contributed by atoms with Crippen molar-refractivity contribution < 1.29 is 13.5 Å². The number of rotatable bonds is 8. The van der Waals surface area contributed by atoms with Crippen LogP contribution >= 0.6 is 23.4 Å². The van der Waals surface area contributed by atoms with Crippen molar-refractivity contribution >= 4 is 23.4 Å². The zero-order valence-corrected chi connectivity index (χ0v) is 16.7. The minimum absolute atomic E-state index is 0.0461.